The molecule has 0 heterocycles. The minimum atomic E-state index is 0.587. The van der Waals surface area contributed by atoms with Crippen LogP contribution in [0.15, 0.2) is 24.3 Å². The lowest BCUT2D eigenvalue weighted by Gasteiger charge is -2.06. The van der Waals surface area contributed by atoms with E-state index in [4.69, 9.17) is 15.2 Å². The van der Waals surface area contributed by atoms with Gasteiger partial charge in [0.25, 0.3) is 0 Å². The van der Waals surface area contributed by atoms with Gasteiger partial charge in [0.15, 0.2) is 0 Å². The highest BCUT2D eigenvalue weighted by atomic mass is 16.5. The van der Waals surface area contributed by atoms with Crippen LogP contribution in [0, 0.1) is 0 Å². The number of anilines is 1. The summed E-state index contributed by atoms with van der Waals surface area (Å²) in [6.45, 7) is 4.11. The van der Waals surface area contributed by atoms with Gasteiger partial charge in [-0.05, 0) is 30.7 Å². The van der Waals surface area contributed by atoms with E-state index < -0.39 is 0 Å². The van der Waals surface area contributed by atoms with E-state index >= 15 is 0 Å². The van der Waals surface area contributed by atoms with Crippen LogP contribution in [0.1, 0.15) is 13.3 Å². The molecule has 0 radical (unpaired) electrons. The highest BCUT2D eigenvalue weighted by molar-refractivity contribution is 5.41. The molecule has 2 N–H and O–H groups in total. The van der Waals surface area contributed by atoms with Gasteiger partial charge in [0, 0.05) is 12.3 Å². The van der Waals surface area contributed by atoms with E-state index in [1.165, 1.54) is 0 Å². The van der Waals surface area contributed by atoms with Gasteiger partial charge in [-0.25, -0.2) is 0 Å². The van der Waals surface area contributed by atoms with Crippen LogP contribution in [-0.4, -0.2) is 19.8 Å². The fourth-order valence-electron chi connectivity index (χ4n) is 1.03. The molecule has 14 heavy (non-hydrogen) atoms. The van der Waals surface area contributed by atoms with Gasteiger partial charge in [-0.15, -0.1) is 0 Å². The molecule has 0 aromatic heterocycles. The van der Waals surface area contributed by atoms with Crippen molar-refractivity contribution in [3.05, 3.63) is 24.3 Å². The van der Waals surface area contributed by atoms with Gasteiger partial charge in [0.05, 0.1) is 6.61 Å². The minimum absolute atomic E-state index is 0.587. The molecule has 3 heteroatoms. The van der Waals surface area contributed by atoms with Gasteiger partial charge in [-0.3, -0.25) is 0 Å². The van der Waals surface area contributed by atoms with E-state index in [0.29, 0.717) is 13.2 Å². The second kappa shape index (κ2) is 6.27. The molecule has 0 amide bonds. The quantitative estimate of drug-likeness (QED) is 0.558. The van der Waals surface area contributed by atoms with Crippen LogP contribution in [0.5, 0.6) is 5.75 Å². The van der Waals surface area contributed by atoms with Crippen molar-refractivity contribution in [1.29, 1.82) is 0 Å². The van der Waals surface area contributed by atoms with Crippen molar-refractivity contribution in [2.24, 2.45) is 0 Å². The molecule has 0 aliphatic rings. The molecule has 0 spiro atoms. The van der Waals surface area contributed by atoms with Crippen LogP contribution in [0.4, 0.5) is 5.69 Å². The second-order valence-electron chi connectivity index (χ2n) is 3.03. The summed E-state index contributed by atoms with van der Waals surface area (Å²) in [4.78, 5) is 0. The van der Waals surface area contributed by atoms with Crippen LogP contribution in [-0.2, 0) is 4.74 Å². The zero-order valence-corrected chi connectivity index (χ0v) is 8.53. The van der Waals surface area contributed by atoms with Crippen LogP contribution in [0.3, 0.4) is 0 Å². The Morgan fingerprint density at radius 3 is 2.43 bits per heavy atom. The maximum atomic E-state index is 5.54. The summed E-state index contributed by atoms with van der Waals surface area (Å²) in [7, 11) is 0. The molecule has 0 aliphatic carbocycles. The van der Waals surface area contributed by atoms with Crippen LogP contribution in [0.25, 0.3) is 0 Å². The largest absolute Gasteiger partial charge is 0.491 e. The van der Waals surface area contributed by atoms with Crippen molar-refractivity contribution < 1.29 is 9.47 Å². The lowest BCUT2D eigenvalue weighted by Crippen LogP contribution is -2.06. The number of hydrogen-bond donors (Lipinski definition) is 1. The van der Waals surface area contributed by atoms with Gasteiger partial charge in [-0.1, -0.05) is 6.92 Å². The van der Waals surface area contributed by atoms with Gasteiger partial charge in [-0.2, -0.15) is 0 Å². The first-order valence-corrected chi connectivity index (χ1v) is 4.89. The highest BCUT2D eigenvalue weighted by Gasteiger charge is 1.92. The molecule has 1 rings (SSSR count). The Morgan fingerprint density at radius 2 is 1.79 bits per heavy atom. The Bertz CT molecular complexity index is 246. The number of benzene rings is 1. The first kappa shape index (κ1) is 10.9. The summed E-state index contributed by atoms with van der Waals surface area (Å²) >= 11 is 0. The van der Waals surface area contributed by atoms with Gasteiger partial charge in [0.2, 0.25) is 0 Å². The van der Waals surface area contributed by atoms with E-state index in [9.17, 15) is 0 Å². The Kier molecular flexibility index (Phi) is 4.86. The Balaban J connectivity index is 2.15. The first-order chi connectivity index (χ1) is 6.83. The van der Waals surface area contributed by atoms with E-state index in [1.54, 1.807) is 0 Å². The van der Waals surface area contributed by atoms with Gasteiger partial charge >= 0.3 is 0 Å². The summed E-state index contributed by atoms with van der Waals surface area (Å²) < 4.78 is 10.7. The van der Waals surface area contributed by atoms with Crippen LogP contribution < -0.4 is 10.5 Å². The van der Waals surface area contributed by atoms with Gasteiger partial charge in [0.1, 0.15) is 12.4 Å². The fraction of sp³-hybridized carbons (Fsp3) is 0.455. The summed E-state index contributed by atoms with van der Waals surface area (Å²) in [5.41, 5.74) is 6.29. The summed E-state index contributed by atoms with van der Waals surface area (Å²) in [6.07, 6.45) is 1.04. The van der Waals surface area contributed by atoms with Gasteiger partial charge < -0.3 is 15.2 Å². The Morgan fingerprint density at radius 1 is 1.07 bits per heavy atom. The molecule has 1 aromatic rings. The van der Waals surface area contributed by atoms with Crippen molar-refractivity contribution in [2.45, 2.75) is 13.3 Å². The lowest BCUT2D eigenvalue weighted by molar-refractivity contribution is 0.101. The summed E-state index contributed by atoms with van der Waals surface area (Å²) in [6, 6.07) is 7.36. The van der Waals surface area contributed by atoms with Crippen LogP contribution >= 0.6 is 0 Å². The van der Waals surface area contributed by atoms with E-state index in [2.05, 4.69) is 6.92 Å². The Labute approximate surface area is 84.8 Å². The average molecular weight is 195 g/mol. The SMILES string of the molecule is CCCOCCOc1ccc(N)cc1. The molecule has 0 atom stereocenters. The molecule has 3 nitrogen and oxygen atoms in total. The molecule has 0 bridgehead atoms. The van der Waals surface area contributed by atoms with Crippen molar-refractivity contribution in [3.63, 3.8) is 0 Å². The Hall–Kier alpha value is -1.22. The van der Waals surface area contributed by atoms with Crippen molar-refractivity contribution in [3.8, 4) is 5.75 Å². The second-order valence-corrected chi connectivity index (χ2v) is 3.03. The van der Waals surface area contributed by atoms with E-state index in [1.807, 2.05) is 24.3 Å². The summed E-state index contributed by atoms with van der Waals surface area (Å²) in [5.74, 6) is 0.833. The molecular weight excluding hydrogens is 178 g/mol. The number of nitrogen functional groups attached to an aromatic ring is 1. The highest BCUT2D eigenvalue weighted by Crippen LogP contribution is 2.12. The molecule has 0 fully saturated rings. The maximum Gasteiger partial charge on any atom is 0.119 e. The maximum absolute atomic E-state index is 5.54. The third-order valence-electron chi connectivity index (χ3n) is 1.72. The van der Waals surface area contributed by atoms with E-state index in [-0.39, 0.29) is 0 Å². The minimum Gasteiger partial charge on any atom is -0.491 e. The van der Waals surface area contributed by atoms with Crippen molar-refractivity contribution in [2.75, 3.05) is 25.6 Å². The third-order valence-corrected chi connectivity index (χ3v) is 1.72. The number of hydrogen-bond acceptors (Lipinski definition) is 3. The molecule has 1 aromatic carbocycles. The standard InChI is InChI=1S/C11H17NO2/c1-2-7-13-8-9-14-11-5-3-10(12)4-6-11/h3-6H,2,7-9,12H2,1H3. The molecule has 0 saturated heterocycles. The monoisotopic (exact) mass is 195 g/mol. The molecule has 0 unspecified atom stereocenters. The number of rotatable bonds is 6. The summed E-state index contributed by atoms with van der Waals surface area (Å²) in [5, 5.41) is 0. The lowest BCUT2D eigenvalue weighted by atomic mass is 10.3. The topological polar surface area (TPSA) is 44.5 Å². The fourth-order valence-corrected chi connectivity index (χ4v) is 1.03. The normalized spacial score (nSPS) is 10.1. The molecule has 78 valence electrons. The predicted octanol–water partition coefficient (Wildman–Crippen LogP) is 2.07. The molecule has 0 aliphatic heterocycles. The third kappa shape index (κ3) is 4.14. The zero-order chi connectivity index (χ0) is 10.2. The predicted molar refractivity (Wildman–Crippen MR) is 57.5 cm³/mol. The van der Waals surface area contributed by atoms with Crippen LogP contribution in [0.2, 0.25) is 0 Å². The van der Waals surface area contributed by atoms with Crippen molar-refractivity contribution >= 4 is 5.69 Å². The van der Waals surface area contributed by atoms with Crippen molar-refractivity contribution in [1.82, 2.24) is 0 Å². The number of nitrogens with two attached hydrogens (primary N) is 1. The smallest absolute Gasteiger partial charge is 0.119 e. The first-order valence-electron chi connectivity index (χ1n) is 4.89. The van der Waals surface area contributed by atoms with E-state index in [0.717, 1.165) is 24.5 Å². The molecule has 0 saturated carbocycles. The number of ether oxygens (including phenoxy) is 2. The average Bonchev–Trinajstić information content (AvgIpc) is 2.21. The zero-order valence-electron chi connectivity index (χ0n) is 8.53. The molecular formula is C11H17NO2.